The highest BCUT2D eigenvalue weighted by Gasteiger charge is 2.33. The molecule has 0 bridgehead atoms. The van der Waals surface area contributed by atoms with Gasteiger partial charge in [0, 0.05) is 12.2 Å². The van der Waals surface area contributed by atoms with Gasteiger partial charge in [-0.2, -0.15) is 0 Å². The Labute approximate surface area is 237 Å². The molecule has 2 saturated carbocycles. The molecule has 1 atom stereocenters. The number of benzene rings is 2. The van der Waals surface area contributed by atoms with Crippen LogP contribution in [0.4, 0.5) is 0 Å². The van der Waals surface area contributed by atoms with Crippen molar-refractivity contribution < 1.29 is 14.6 Å². The second kappa shape index (κ2) is 15.0. The Balaban J connectivity index is 1.23. The monoisotopic (exact) mass is 532 g/mol. The van der Waals surface area contributed by atoms with E-state index < -0.39 is 0 Å². The molecule has 0 spiro atoms. The Morgan fingerprint density at radius 3 is 2.26 bits per heavy atom. The van der Waals surface area contributed by atoms with Crippen LogP contribution in [0.15, 0.2) is 48.6 Å². The summed E-state index contributed by atoms with van der Waals surface area (Å²) in [4.78, 5) is 11.7. The van der Waals surface area contributed by atoms with Gasteiger partial charge in [0.2, 0.25) is 0 Å². The quantitative estimate of drug-likeness (QED) is 0.159. The first-order valence-corrected chi connectivity index (χ1v) is 15.9. The molecule has 1 unspecified atom stereocenters. The van der Waals surface area contributed by atoms with Gasteiger partial charge in [-0.25, -0.2) is 4.79 Å². The van der Waals surface area contributed by atoms with Crippen LogP contribution in [0.3, 0.4) is 0 Å². The number of esters is 1. The minimum Gasteiger partial charge on any atom is -0.462 e. The van der Waals surface area contributed by atoms with Crippen molar-refractivity contribution in [1.82, 2.24) is 0 Å². The van der Waals surface area contributed by atoms with Crippen molar-refractivity contribution in [2.75, 3.05) is 13.2 Å². The van der Waals surface area contributed by atoms with Gasteiger partial charge in [-0.15, -0.1) is 0 Å². The number of aliphatic hydroxyl groups is 1. The molecule has 2 aliphatic carbocycles. The van der Waals surface area contributed by atoms with E-state index in [9.17, 15) is 9.90 Å². The van der Waals surface area contributed by atoms with Crippen LogP contribution in [0.2, 0.25) is 0 Å². The zero-order valence-corrected chi connectivity index (χ0v) is 24.6. The molecular weight excluding hydrogens is 480 g/mol. The highest BCUT2D eigenvalue weighted by molar-refractivity contribution is 5.87. The summed E-state index contributed by atoms with van der Waals surface area (Å²) in [5.41, 5.74) is 3.48. The number of aryl methyl sites for hydroxylation is 1. The van der Waals surface area contributed by atoms with E-state index in [1.54, 1.807) is 12.5 Å². The Kier molecular flexibility index (Phi) is 11.5. The van der Waals surface area contributed by atoms with Gasteiger partial charge in [0.25, 0.3) is 0 Å². The van der Waals surface area contributed by atoms with Gasteiger partial charge in [-0.1, -0.05) is 62.7 Å². The van der Waals surface area contributed by atoms with Gasteiger partial charge in [-0.3, -0.25) is 0 Å². The molecule has 2 aliphatic rings. The lowest BCUT2D eigenvalue weighted by molar-refractivity contribution is -0.139. The van der Waals surface area contributed by atoms with E-state index in [0.717, 1.165) is 24.7 Å². The van der Waals surface area contributed by atoms with Crippen molar-refractivity contribution in [3.63, 3.8) is 0 Å². The molecule has 3 heteroatoms. The summed E-state index contributed by atoms with van der Waals surface area (Å²) in [7, 11) is 0. The molecular formula is C36H52O3. The average Bonchev–Trinajstić information content (AvgIpc) is 2.96. The van der Waals surface area contributed by atoms with Crippen molar-refractivity contribution in [1.29, 1.82) is 0 Å². The maximum atomic E-state index is 11.7. The number of fused-ring (bicyclic) bond motifs is 1. The Hall–Kier alpha value is -2.13. The zero-order chi connectivity index (χ0) is 27.6. The standard InChI is InChI=1S/C36H52O3/c1-4-5-6-7-27-8-9-35-25-34(19-18-33(35)24-27)31-16-14-29(15-17-31)28-10-12-30(13-11-28)32(20-22-37)21-23-39-36(38)26(2)3/h8-9,18-19,24-25,28-32,37H,2,4-7,10-17,20-23H2,1,3H3. The van der Waals surface area contributed by atoms with Gasteiger partial charge in [0.1, 0.15) is 0 Å². The van der Waals surface area contributed by atoms with Crippen LogP contribution in [-0.2, 0) is 16.0 Å². The largest absolute Gasteiger partial charge is 0.462 e. The molecule has 0 saturated heterocycles. The molecule has 2 fully saturated rings. The van der Waals surface area contributed by atoms with Gasteiger partial charge in [0.15, 0.2) is 0 Å². The summed E-state index contributed by atoms with van der Waals surface area (Å²) in [6.07, 6.45) is 17.3. The molecule has 0 amide bonds. The number of rotatable bonds is 13. The second-order valence-electron chi connectivity index (χ2n) is 12.7. The predicted molar refractivity (Wildman–Crippen MR) is 163 cm³/mol. The van der Waals surface area contributed by atoms with E-state index in [2.05, 4.69) is 49.9 Å². The van der Waals surface area contributed by atoms with Gasteiger partial charge < -0.3 is 9.84 Å². The molecule has 0 radical (unpaired) electrons. The first-order chi connectivity index (χ1) is 19.0. The van der Waals surface area contributed by atoms with Crippen LogP contribution in [0.25, 0.3) is 10.8 Å². The highest BCUT2D eigenvalue weighted by Crippen LogP contribution is 2.46. The normalized spacial score (nSPS) is 24.4. The van der Waals surface area contributed by atoms with Crippen molar-refractivity contribution in [2.45, 2.75) is 110 Å². The third kappa shape index (κ3) is 8.43. The molecule has 3 nitrogen and oxygen atoms in total. The summed E-state index contributed by atoms with van der Waals surface area (Å²) in [6, 6.07) is 14.3. The second-order valence-corrected chi connectivity index (χ2v) is 12.7. The smallest absolute Gasteiger partial charge is 0.333 e. The maximum absolute atomic E-state index is 11.7. The van der Waals surface area contributed by atoms with E-state index in [1.165, 1.54) is 93.4 Å². The molecule has 39 heavy (non-hydrogen) atoms. The summed E-state index contributed by atoms with van der Waals surface area (Å²) in [5.74, 6) is 3.25. The highest BCUT2D eigenvalue weighted by atomic mass is 16.5. The van der Waals surface area contributed by atoms with E-state index in [1.807, 2.05) is 0 Å². The van der Waals surface area contributed by atoms with Crippen LogP contribution in [-0.4, -0.2) is 24.3 Å². The number of ether oxygens (including phenoxy) is 1. The SMILES string of the molecule is C=C(C)C(=O)OCCC(CCO)C1CCC(C2CCC(c3ccc4cc(CCCCC)ccc4c3)CC2)CC1. The number of hydrogen-bond donors (Lipinski definition) is 1. The Bertz CT molecular complexity index is 1060. The number of unbranched alkanes of at least 4 members (excludes halogenated alkanes) is 2. The fraction of sp³-hybridized carbons (Fsp3) is 0.639. The van der Waals surface area contributed by atoms with Crippen LogP contribution in [0.1, 0.15) is 114 Å². The first kappa shape index (κ1) is 29.8. The summed E-state index contributed by atoms with van der Waals surface area (Å²) in [6.45, 7) is 8.28. The lowest BCUT2D eigenvalue weighted by atomic mass is 9.66. The zero-order valence-electron chi connectivity index (χ0n) is 24.6. The molecule has 1 N–H and O–H groups in total. The number of aliphatic hydroxyl groups excluding tert-OH is 1. The first-order valence-electron chi connectivity index (χ1n) is 15.9. The van der Waals surface area contributed by atoms with Crippen molar-refractivity contribution in [2.24, 2.45) is 23.7 Å². The minimum absolute atomic E-state index is 0.220. The van der Waals surface area contributed by atoms with Crippen LogP contribution in [0.5, 0.6) is 0 Å². The Morgan fingerprint density at radius 1 is 0.923 bits per heavy atom. The Morgan fingerprint density at radius 2 is 1.59 bits per heavy atom. The van der Waals surface area contributed by atoms with Crippen LogP contribution < -0.4 is 0 Å². The van der Waals surface area contributed by atoms with E-state index in [0.29, 0.717) is 29.9 Å². The topological polar surface area (TPSA) is 46.5 Å². The van der Waals surface area contributed by atoms with Gasteiger partial charge in [0.05, 0.1) is 6.61 Å². The number of carbonyl (C=O) groups is 1. The van der Waals surface area contributed by atoms with Crippen molar-refractivity contribution in [3.8, 4) is 0 Å². The van der Waals surface area contributed by atoms with Gasteiger partial charge >= 0.3 is 5.97 Å². The third-order valence-electron chi connectivity index (χ3n) is 9.96. The third-order valence-corrected chi connectivity index (χ3v) is 9.96. The van der Waals surface area contributed by atoms with E-state index in [-0.39, 0.29) is 12.6 Å². The molecule has 4 rings (SSSR count). The fourth-order valence-corrected chi connectivity index (χ4v) is 7.52. The van der Waals surface area contributed by atoms with E-state index >= 15 is 0 Å². The van der Waals surface area contributed by atoms with Crippen molar-refractivity contribution in [3.05, 3.63) is 59.7 Å². The molecule has 0 heterocycles. The molecule has 214 valence electrons. The predicted octanol–water partition coefficient (Wildman–Crippen LogP) is 9.16. The van der Waals surface area contributed by atoms with E-state index in [4.69, 9.17) is 4.74 Å². The minimum atomic E-state index is -0.298. The molecule has 2 aromatic rings. The molecule has 2 aromatic carbocycles. The lowest BCUT2D eigenvalue weighted by Gasteiger charge is -2.40. The van der Waals surface area contributed by atoms with Gasteiger partial charge in [-0.05, 0) is 135 Å². The number of carbonyl (C=O) groups excluding carboxylic acids is 1. The average molecular weight is 533 g/mol. The van der Waals surface area contributed by atoms with Crippen LogP contribution in [0, 0.1) is 23.7 Å². The fourth-order valence-electron chi connectivity index (χ4n) is 7.52. The number of hydrogen-bond acceptors (Lipinski definition) is 3. The maximum Gasteiger partial charge on any atom is 0.333 e. The lowest BCUT2D eigenvalue weighted by Crippen LogP contribution is -2.29. The summed E-state index contributed by atoms with van der Waals surface area (Å²) in [5, 5.41) is 12.4. The molecule has 0 aromatic heterocycles. The van der Waals surface area contributed by atoms with Crippen LogP contribution >= 0.6 is 0 Å². The van der Waals surface area contributed by atoms with Crippen molar-refractivity contribution >= 4 is 16.7 Å². The summed E-state index contributed by atoms with van der Waals surface area (Å²) < 4.78 is 5.36. The molecule has 0 aliphatic heterocycles. The summed E-state index contributed by atoms with van der Waals surface area (Å²) >= 11 is 0.